The lowest BCUT2D eigenvalue weighted by Crippen LogP contribution is -2.30. The molecular weight excluding hydrogens is 449 g/mol. The molecule has 0 saturated carbocycles. The van der Waals surface area contributed by atoms with Gasteiger partial charge in [-0.2, -0.15) is 5.26 Å². The standard InChI is InChI=1S/C26H22FN5O3/c1-26(2,15-33)32-14-21(20-12-30-13-22(27)24(20)32)25(35)18-8-19(11-29-10-18)31-23(34)7-16-3-5-17(9-28)6-4-16/h3-6,8,10-14,33H,7,15H2,1-2H3,(H,31,34). The lowest BCUT2D eigenvalue weighted by molar-refractivity contribution is -0.115. The number of aliphatic hydroxyl groups excluding tert-OH is 1. The summed E-state index contributed by atoms with van der Waals surface area (Å²) < 4.78 is 16.2. The summed E-state index contributed by atoms with van der Waals surface area (Å²) in [4.78, 5) is 33.8. The normalized spacial score (nSPS) is 11.3. The summed E-state index contributed by atoms with van der Waals surface area (Å²) in [5.74, 6) is -1.34. The number of aromatic nitrogens is 3. The van der Waals surface area contributed by atoms with Crippen LogP contribution >= 0.6 is 0 Å². The molecule has 0 aliphatic carbocycles. The minimum absolute atomic E-state index is 0.0819. The maximum Gasteiger partial charge on any atom is 0.228 e. The highest BCUT2D eigenvalue weighted by Gasteiger charge is 2.27. The van der Waals surface area contributed by atoms with Gasteiger partial charge in [0.1, 0.15) is 0 Å². The minimum atomic E-state index is -0.863. The van der Waals surface area contributed by atoms with Crippen molar-refractivity contribution in [1.82, 2.24) is 14.5 Å². The highest BCUT2D eigenvalue weighted by Crippen LogP contribution is 2.30. The highest BCUT2D eigenvalue weighted by molar-refractivity contribution is 6.16. The number of pyridine rings is 2. The van der Waals surface area contributed by atoms with E-state index in [2.05, 4.69) is 15.3 Å². The lowest BCUT2D eigenvalue weighted by Gasteiger charge is -2.25. The number of fused-ring (bicyclic) bond motifs is 1. The number of hydrogen-bond donors (Lipinski definition) is 2. The average Bonchev–Trinajstić information content (AvgIpc) is 3.26. The molecule has 0 atom stereocenters. The number of hydrogen-bond acceptors (Lipinski definition) is 6. The number of ketones is 1. The summed E-state index contributed by atoms with van der Waals surface area (Å²) in [7, 11) is 0. The number of carbonyl (C=O) groups excluding carboxylic acids is 2. The largest absolute Gasteiger partial charge is 0.394 e. The van der Waals surface area contributed by atoms with Gasteiger partial charge in [0.15, 0.2) is 11.6 Å². The maximum absolute atomic E-state index is 14.7. The molecule has 1 amide bonds. The topological polar surface area (TPSA) is 121 Å². The van der Waals surface area contributed by atoms with E-state index >= 15 is 0 Å². The molecule has 2 N–H and O–H groups in total. The smallest absolute Gasteiger partial charge is 0.228 e. The summed E-state index contributed by atoms with van der Waals surface area (Å²) in [5.41, 5.74) is 1.28. The number of rotatable bonds is 7. The first-order chi connectivity index (χ1) is 16.7. The SMILES string of the molecule is CC(C)(CO)n1cc(C(=O)c2cncc(NC(=O)Cc3ccc(C#N)cc3)c2)c2cncc(F)c21. The molecule has 3 heterocycles. The van der Waals surface area contributed by atoms with Crippen molar-refractivity contribution in [2.45, 2.75) is 25.8 Å². The van der Waals surface area contributed by atoms with Crippen molar-refractivity contribution >= 4 is 28.3 Å². The number of carbonyl (C=O) groups is 2. The van der Waals surface area contributed by atoms with Gasteiger partial charge in [-0.1, -0.05) is 12.1 Å². The van der Waals surface area contributed by atoms with Crippen molar-refractivity contribution in [1.29, 1.82) is 5.26 Å². The molecule has 4 rings (SSSR count). The van der Waals surface area contributed by atoms with E-state index in [0.717, 1.165) is 11.8 Å². The fourth-order valence-electron chi connectivity index (χ4n) is 3.74. The van der Waals surface area contributed by atoms with Crippen molar-refractivity contribution < 1.29 is 19.1 Å². The van der Waals surface area contributed by atoms with Crippen LogP contribution in [-0.2, 0) is 16.8 Å². The zero-order valence-electron chi connectivity index (χ0n) is 19.1. The second-order valence-electron chi connectivity index (χ2n) is 8.73. The van der Waals surface area contributed by atoms with Gasteiger partial charge in [-0.05, 0) is 37.6 Å². The van der Waals surface area contributed by atoms with Gasteiger partial charge in [0, 0.05) is 35.1 Å². The van der Waals surface area contributed by atoms with Crippen molar-refractivity contribution in [2.75, 3.05) is 11.9 Å². The van der Waals surface area contributed by atoms with E-state index in [1.54, 1.807) is 38.1 Å². The Morgan fingerprint density at radius 2 is 1.86 bits per heavy atom. The van der Waals surface area contributed by atoms with E-state index in [0.29, 0.717) is 16.6 Å². The van der Waals surface area contributed by atoms with E-state index in [-0.39, 0.29) is 35.6 Å². The van der Waals surface area contributed by atoms with E-state index in [9.17, 15) is 19.1 Å². The molecule has 0 fully saturated rings. The minimum Gasteiger partial charge on any atom is -0.394 e. The van der Waals surface area contributed by atoms with E-state index < -0.39 is 17.1 Å². The molecule has 8 nitrogen and oxygen atoms in total. The third-order valence-electron chi connectivity index (χ3n) is 5.68. The number of nitrogens with zero attached hydrogens (tertiary/aromatic N) is 4. The van der Waals surface area contributed by atoms with Gasteiger partial charge in [-0.15, -0.1) is 0 Å². The third kappa shape index (κ3) is 4.78. The predicted molar refractivity (Wildman–Crippen MR) is 127 cm³/mol. The molecule has 0 saturated heterocycles. The van der Waals surface area contributed by atoms with Gasteiger partial charge in [-0.3, -0.25) is 19.6 Å². The second-order valence-corrected chi connectivity index (χ2v) is 8.73. The van der Waals surface area contributed by atoms with Gasteiger partial charge in [-0.25, -0.2) is 4.39 Å². The first-order valence-electron chi connectivity index (χ1n) is 10.8. The summed E-state index contributed by atoms with van der Waals surface area (Å²) >= 11 is 0. The number of nitriles is 1. The molecule has 176 valence electrons. The highest BCUT2D eigenvalue weighted by atomic mass is 19.1. The Hall–Kier alpha value is -4.42. The van der Waals surface area contributed by atoms with Crippen molar-refractivity contribution in [3.63, 3.8) is 0 Å². The molecule has 0 bridgehead atoms. The van der Waals surface area contributed by atoms with Crippen LogP contribution in [0.5, 0.6) is 0 Å². The van der Waals surface area contributed by atoms with E-state index in [1.807, 2.05) is 6.07 Å². The van der Waals surface area contributed by atoms with Crippen LogP contribution in [0, 0.1) is 17.1 Å². The van der Waals surface area contributed by atoms with Crippen LogP contribution in [-0.4, -0.2) is 37.9 Å². The molecule has 3 aromatic heterocycles. The molecule has 0 spiro atoms. The molecule has 1 aromatic carbocycles. The molecular formula is C26H22FN5O3. The summed E-state index contributed by atoms with van der Waals surface area (Å²) in [5, 5.41) is 21.7. The molecule has 35 heavy (non-hydrogen) atoms. The number of nitrogens with one attached hydrogen (secondary N) is 1. The lowest BCUT2D eigenvalue weighted by atomic mass is 10.0. The average molecular weight is 471 g/mol. The molecule has 0 aliphatic rings. The maximum atomic E-state index is 14.7. The number of anilines is 1. The van der Waals surface area contributed by atoms with Crippen LogP contribution < -0.4 is 5.32 Å². The van der Waals surface area contributed by atoms with Crippen LogP contribution in [0.1, 0.15) is 40.9 Å². The third-order valence-corrected chi connectivity index (χ3v) is 5.68. The Morgan fingerprint density at radius 1 is 1.14 bits per heavy atom. The predicted octanol–water partition coefficient (Wildman–Crippen LogP) is 3.58. The number of halogens is 1. The fourth-order valence-corrected chi connectivity index (χ4v) is 3.74. The Labute approximate surface area is 200 Å². The number of benzene rings is 1. The van der Waals surface area contributed by atoms with Gasteiger partial charge < -0.3 is 15.0 Å². The van der Waals surface area contributed by atoms with Crippen molar-refractivity contribution in [2.24, 2.45) is 0 Å². The van der Waals surface area contributed by atoms with Crippen LogP contribution in [0.2, 0.25) is 0 Å². The molecule has 0 radical (unpaired) electrons. The number of aliphatic hydroxyl groups is 1. The van der Waals surface area contributed by atoms with E-state index in [1.165, 1.54) is 35.4 Å². The van der Waals surface area contributed by atoms with Crippen LogP contribution in [0.4, 0.5) is 10.1 Å². The fraction of sp³-hybridized carbons (Fsp3) is 0.192. The first-order valence-corrected chi connectivity index (χ1v) is 10.8. The van der Waals surface area contributed by atoms with Gasteiger partial charge in [0.25, 0.3) is 0 Å². The molecule has 4 aromatic rings. The summed E-state index contributed by atoms with van der Waals surface area (Å²) in [6.45, 7) is 3.19. The molecule has 0 unspecified atom stereocenters. The molecule has 0 aliphatic heterocycles. The van der Waals surface area contributed by atoms with Gasteiger partial charge in [0.2, 0.25) is 5.91 Å². The Balaban J connectivity index is 1.61. The van der Waals surface area contributed by atoms with Crippen LogP contribution in [0.15, 0.2) is 61.3 Å². The van der Waals surface area contributed by atoms with Gasteiger partial charge in [0.05, 0.1) is 53.8 Å². The van der Waals surface area contributed by atoms with E-state index in [4.69, 9.17) is 5.26 Å². The zero-order chi connectivity index (χ0) is 25.2. The van der Waals surface area contributed by atoms with Crippen LogP contribution in [0.3, 0.4) is 0 Å². The summed E-state index contributed by atoms with van der Waals surface area (Å²) in [6, 6.07) is 10.2. The second kappa shape index (κ2) is 9.44. The quantitative estimate of drug-likeness (QED) is 0.398. The van der Waals surface area contributed by atoms with Crippen LogP contribution in [0.25, 0.3) is 10.9 Å². The van der Waals surface area contributed by atoms with Gasteiger partial charge >= 0.3 is 0 Å². The monoisotopic (exact) mass is 471 g/mol. The Kier molecular flexibility index (Phi) is 6.40. The van der Waals surface area contributed by atoms with Crippen molar-refractivity contribution in [3.8, 4) is 6.07 Å². The summed E-state index contributed by atoms with van der Waals surface area (Å²) in [6.07, 6.45) is 6.85. The Morgan fingerprint density at radius 3 is 2.54 bits per heavy atom. The Bertz CT molecular complexity index is 1470. The zero-order valence-corrected chi connectivity index (χ0v) is 19.1. The molecule has 9 heteroatoms. The number of amides is 1. The van der Waals surface area contributed by atoms with Crippen molar-refractivity contribution in [3.05, 3.63) is 89.4 Å². The first kappa shape index (κ1) is 23.7.